The van der Waals surface area contributed by atoms with Crippen LogP contribution < -0.4 is 10.5 Å². The topological polar surface area (TPSA) is 35.2 Å². The molecule has 0 aliphatic rings. The summed E-state index contributed by atoms with van der Waals surface area (Å²) in [5.74, 6) is -2.77. The van der Waals surface area contributed by atoms with Crippen molar-refractivity contribution in [3.8, 4) is 5.75 Å². The van der Waals surface area contributed by atoms with E-state index in [1.807, 2.05) is 0 Å². The van der Waals surface area contributed by atoms with E-state index in [4.69, 9.17) is 5.73 Å². The number of hydrogen-bond acceptors (Lipinski definition) is 2. The second-order valence-corrected chi connectivity index (χ2v) is 2.46. The minimum atomic E-state index is -3.15. The van der Waals surface area contributed by atoms with E-state index in [2.05, 4.69) is 4.74 Å². The number of benzene rings is 1. The number of ether oxygens (including phenoxy) is 1. The summed E-state index contributed by atoms with van der Waals surface area (Å²) in [5, 5.41) is 0. The number of halogens is 4. The van der Waals surface area contributed by atoms with Crippen molar-refractivity contribution in [1.29, 1.82) is 0 Å². The maximum atomic E-state index is 12.8. The molecule has 0 radical (unpaired) electrons. The molecule has 6 heteroatoms. The van der Waals surface area contributed by atoms with Crippen LogP contribution in [0.3, 0.4) is 0 Å². The van der Waals surface area contributed by atoms with Gasteiger partial charge in [-0.2, -0.15) is 8.78 Å². The fourth-order valence-corrected chi connectivity index (χ4v) is 0.914. The van der Waals surface area contributed by atoms with Crippen LogP contribution in [-0.4, -0.2) is 6.61 Å². The molecule has 0 heterocycles. The van der Waals surface area contributed by atoms with Gasteiger partial charge in [0, 0.05) is 18.2 Å². The van der Waals surface area contributed by atoms with E-state index >= 15 is 0 Å². The van der Waals surface area contributed by atoms with Gasteiger partial charge >= 0.3 is 6.61 Å². The largest absolute Gasteiger partial charge is 0.432 e. The lowest BCUT2D eigenvalue weighted by molar-refractivity contribution is -0.0523. The van der Waals surface area contributed by atoms with Gasteiger partial charge in [-0.1, -0.05) is 0 Å². The Hall–Kier alpha value is -1.30. The lowest BCUT2D eigenvalue weighted by atomic mass is 10.2. The van der Waals surface area contributed by atoms with Crippen LogP contribution in [0.4, 0.5) is 17.6 Å². The Kier molecular flexibility index (Phi) is 3.29. The van der Waals surface area contributed by atoms with E-state index in [0.29, 0.717) is 6.07 Å². The first-order chi connectivity index (χ1) is 6.54. The third-order valence-electron chi connectivity index (χ3n) is 1.54. The Morgan fingerprint density at radius 3 is 2.36 bits per heavy atom. The maximum absolute atomic E-state index is 12.8. The van der Waals surface area contributed by atoms with Crippen LogP contribution in [0, 0.1) is 11.6 Å². The quantitative estimate of drug-likeness (QED) is 0.773. The van der Waals surface area contributed by atoms with Gasteiger partial charge in [0.1, 0.15) is 5.82 Å². The van der Waals surface area contributed by atoms with Gasteiger partial charge in [-0.25, -0.2) is 8.78 Å². The van der Waals surface area contributed by atoms with Crippen LogP contribution in [0.15, 0.2) is 12.1 Å². The third-order valence-corrected chi connectivity index (χ3v) is 1.54. The average molecular weight is 209 g/mol. The first kappa shape index (κ1) is 10.8. The van der Waals surface area contributed by atoms with Crippen molar-refractivity contribution in [3.05, 3.63) is 29.3 Å². The highest BCUT2D eigenvalue weighted by atomic mass is 19.3. The number of alkyl halides is 2. The zero-order valence-corrected chi connectivity index (χ0v) is 6.94. The summed E-state index contributed by atoms with van der Waals surface area (Å²) >= 11 is 0. The monoisotopic (exact) mass is 209 g/mol. The summed E-state index contributed by atoms with van der Waals surface area (Å²) in [6.45, 7) is -3.37. The van der Waals surface area contributed by atoms with Crippen molar-refractivity contribution < 1.29 is 22.3 Å². The molecule has 0 aromatic heterocycles. The maximum Gasteiger partial charge on any atom is 0.387 e. The van der Waals surface area contributed by atoms with Crippen molar-refractivity contribution in [3.63, 3.8) is 0 Å². The SMILES string of the molecule is NCc1cc(OC(F)F)c(F)cc1F. The molecule has 14 heavy (non-hydrogen) atoms. The van der Waals surface area contributed by atoms with Crippen molar-refractivity contribution >= 4 is 0 Å². The predicted molar refractivity (Wildman–Crippen MR) is 40.9 cm³/mol. The Morgan fingerprint density at radius 1 is 1.21 bits per heavy atom. The van der Waals surface area contributed by atoms with Crippen LogP contribution in [0.2, 0.25) is 0 Å². The highest BCUT2D eigenvalue weighted by Crippen LogP contribution is 2.22. The summed E-state index contributed by atoms with van der Waals surface area (Å²) in [6.07, 6.45) is 0. The minimum absolute atomic E-state index is 0.0814. The van der Waals surface area contributed by atoms with Gasteiger partial charge in [0.15, 0.2) is 11.6 Å². The van der Waals surface area contributed by atoms with Crippen molar-refractivity contribution in [2.75, 3.05) is 0 Å². The lowest BCUT2D eigenvalue weighted by Gasteiger charge is -2.07. The molecule has 1 aromatic carbocycles. The lowest BCUT2D eigenvalue weighted by Crippen LogP contribution is -2.07. The van der Waals surface area contributed by atoms with Gasteiger partial charge in [0.25, 0.3) is 0 Å². The molecule has 0 atom stereocenters. The molecule has 0 saturated heterocycles. The molecule has 78 valence electrons. The van der Waals surface area contributed by atoms with Crippen LogP contribution in [0.25, 0.3) is 0 Å². The fraction of sp³-hybridized carbons (Fsp3) is 0.250. The minimum Gasteiger partial charge on any atom is -0.432 e. The van der Waals surface area contributed by atoms with E-state index < -0.39 is 24.0 Å². The summed E-state index contributed by atoms with van der Waals surface area (Å²) in [4.78, 5) is 0. The summed E-state index contributed by atoms with van der Waals surface area (Å²) < 4.78 is 52.9. The predicted octanol–water partition coefficient (Wildman–Crippen LogP) is 2.02. The fourth-order valence-electron chi connectivity index (χ4n) is 0.914. The molecule has 2 nitrogen and oxygen atoms in total. The second-order valence-electron chi connectivity index (χ2n) is 2.46. The molecule has 0 aliphatic heterocycles. The summed E-state index contributed by atoms with van der Waals surface area (Å²) in [6, 6.07) is 1.27. The molecule has 0 spiro atoms. The van der Waals surface area contributed by atoms with Crippen LogP contribution in [-0.2, 0) is 6.54 Å². The number of rotatable bonds is 3. The van der Waals surface area contributed by atoms with Crippen molar-refractivity contribution in [2.24, 2.45) is 5.73 Å². The van der Waals surface area contributed by atoms with E-state index in [1.165, 1.54) is 0 Å². The summed E-state index contributed by atoms with van der Waals surface area (Å²) in [7, 11) is 0. The van der Waals surface area contributed by atoms with Crippen LogP contribution in [0.5, 0.6) is 5.75 Å². The number of nitrogens with two attached hydrogens (primary N) is 1. The Bertz CT molecular complexity index is 329. The Balaban J connectivity index is 3.04. The standard InChI is InChI=1S/C8H7F4NO/c9-5-2-6(10)7(14-8(11)12)1-4(5)3-13/h1-2,8H,3,13H2. The molecule has 0 aliphatic carbocycles. The van der Waals surface area contributed by atoms with Crippen molar-refractivity contribution in [1.82, 2.24) is 0 Å². The van der Waals surface area contributed by atoms with Gasteiger partial charge in [-0.15, -0.1) is 0 Å². The van der Waals surface area contributed by atoms with Gasteiger partial charge in [-0.05, 0) is 6.07 Å². The van der Waals surface area contributed by atoms with Gasteiger partial charge in [-0.3, -0.25) is 0 Å². The zero-order valence-electron chi connectivity index (χ0n) is 6.94. The Morgan fingerprint density at radius 2 is 1.86 bits per heavy atom. The first-order valence-corrected chi connectivity index (χ1v) is 3.67. The molecular weight excluding hydrogens is 202 g/mol. The normalized spacial score (nSPS) is 10.7. The molecule has 1 aromatic rings. The Labute approximate surface area is 77.3 Å². The highest BCUT2D eigenvalue weighted by Gasteiger charge is 2.13. The highest BCUT2D eigenvalue weighted by molar-refractivity contribution is 5.31. The smallest absolute Gasteiger partial charge is 0.387 e. The third kappa shape index (κ3) is 2.35. The molecular formula is C8H7F4NO. The summed E-state index contributed by atoms with van der Waals surface area (Å²) in [5.41, 5.74) is 5.01. The molecule has 2 N–H and O–H groups in total. The van der Waals surface area contributed by atoms with Gasteiger partial charge in [0.05, 0.1) is 0 Å². The van der Waals surface area contributed by atoms with E-state index in [0.717, 1.165) is 6.07 Å². The van der Waals surface area contributed by atoms with E-state index in [9.17, 15) is 17.6 Å². The zero-order chi connectivity index (χ0) is 10.7. The molecule has 0 amide bonds. The molecule has 0 fully saturated rings. The first-order valence-electron chi connectivity index (χ1n) is 3.67. The average Bonchev–Trinajstić information content (AvgIpc) is 2.09. The molecule has 0 saturated carbocycles. The van der Waals surface area contributed by atoms with E-state index in [1.54, 1.807) is 0 Å². The molecule has 1 rings (SSSR count). The number of hydrogen-bond donors (Lipinski definition) is 1. The van der Waals surface area contributed by atoms with Crippen LogP contribution in [0.1, 0.15) is 5.56 Å². The van der Waals surface area contributed by atoms with E-state index in [-0.39, 0.29) is 12.1 Å². The molecule has 0 unspecified atom stereocenters. The molecule has 0 bridgehead atoms. The van der Waals surface area contributed by atoms with Crippen molar-refractivity contribution in [2.45, 2.75) is 13.2 Å². The second kappa shape index (κ2) is 4.28. The van der Waals surface area contributed by atoms with Crippen LogP contribution >= 0.6 is 0 Å². The van der Waals surface area contributed by atoms with Gasteiger partial charge < -0.3 is 10.5 Å². The van der Waals surface area contributed by atoms with Gasteiger partial charge in [0.2, 0.25) is 0 Å².